The summed E-state index contributed by atoms with van der Waals surface area (Å²) in [6.45, 7) is 2.14. The Labute approximate surface area is 152 Å². The van der Waals surface area contributed by atoms with Gasteiger partial charge in [0.2, 0.25) is 0 Å². The van der Waals surface area contributed by atoms with E-state index >= 15 is 0 Å². The fourth-order valence-electron chi connectivity index (χ4n) is 4.15. The van der Waals surface area contributed by atoms with Gasteiger partial charge < -0.3 is 5.73 Å². The third kappa shape index (κ3) is 2.49. The van der Waals surface area contributed by atoms with Crippen LogP contribution in [0.25, 0.3) is 0 Å². The molecule has 0 heterocycles. The SMILES string of the molecule is C[C@@H]1CC=C2C(C#N)=C(N)C(C#N)(C#N)[C@H](c3cccc(Cl)c3)[C@@H]2C1. The van der Waals surface area contributed by atoms with Gasteiger partial charge in [-0.15, -0.1) is 0 Å². The van der Waals surface area contributed by atoms with Crippen LogP contribution in [0.2, 0.25) is 5.02 Å². The van der Waals surface area contributed by atoms with E-state index in [0.717, 1.165) is 24.0 Å². The smallest absolute Gasteiger partial charge is 0.191 e. The summed E-state index contributed by atoms with van der Waals surface area (Å²) in [4.78, 5) is 0. The number of hydrogen-bond donors (Lipinski definition) is 1. The van der Waals surface area contributed by atoms with Crippen LogP contribution in [0, 0.1) is 51.2 Å². The van der Waals surface area contributed by atoms with E-state index in [1.807, 2.05) is 18.2 Å². The molecule has 0 saturated carbocycles. The molecule has 1 aromatic rings. The maximum absolute atomic E-state index is 9.93. The molecule has 2 aliphatic rings. The Bertz CT molecular complexity index is 893. The summed E-state index contributed by atoms with van der Waals surface area (Å²) < 4.78 is 0. The lowest BCUT2D eigenvalue weighted by Gasteiger charge is -2.44. The van der Waals surface area contributed by atoms with Gasteiger partial charge in [-0.25, -0.2) is 0 Å². The van der Waals surface area contributed by atoms with Crippen LogP contribution in [0.3, 0.4) is 0 Å². The van der Waals surface area contributed by atoms with E-state index < -0.39 is 11.3 Å². The Hall–Kier alpha value is -2.74. The van der Waals surface area contributed by atoms with E-state index in [4.69, 9.17) is 17.3 Å². The Balaban J connectivity index is 2.34. The second-order valence-corrected chi connectivity index (χ2v) is 7.24. The lowest BCUT2D eigenvalue weighted by molar-refractivity contribution is 0.284. The Morgan fingerprint density at radius 1 is 1.24 bits per heavy atom. The molecule has 4 nitrogen and oxygen atoms in total. The van der Waals surface area contributed by atoms with Crippen LogP contribution in [-0.4, -0.2) is 0 Å². The summed E-state index contributed by atoms with van der Waals surface area (Å²) in [6, 6.07) is 13.6. The molecule has 0 saturated heterocycles. The van der Waals surface area contributed by atoms with Crippen LogP contribution < -0.4 is 5.73 Å². The van der Waals surface area contributed by atoms with Crippen molar-refractivity contribution in [3.8, 4) is 18.2 Å². The van der Waals surface area contributed by atoms with Gasteiger partial charge in [0.05, 0.1) is 23.4 Å². The molecule has 0 spiro atoms. The molecule has 0 amide bonds. The number of benzene rings is 1. The van der Waals surface area contributed by atoms with Gasteiger partial charge in [-0.3, -0.25) is 0 Å². The molecule has 3 atom stereocenters. The van der Waals surface area contributed by atoms with E-state index in [1.54, 1.807) is 12.1 Å². The molecule has 5 heteroatoms. The number of nitrogens with two attached hydrogens (primary N) is 1. The van der Waals surface area contributed by atoms with Crippen molar-refractivity contribution in [1.82, 2.24) is 0 Å². The minimum atomic E-state index is -1.57. The number of nitriles is 3. The lowest BCUT2D eigenvalue weighted by Crippen LogP contribution is -2.43. The highest BCUT2D eigenvalue weighted by atomic mass is 35.5. The largest absolute Gasteiger partial charge is 0.399 e. The van der Waals surface area contributed by atoms with E-state index in [2.05, 4.69) is 25.1 Å². The summed E-state index contributed by atoms with van der Waals surface area (Å²) in [6.07, 6.45) is 3.70. The molecular formula is C20H17ClN4. The average molecular weight is 349 g/mol. The van der Waals surface area contributed by atoms with Crippen LogP contribution in [0.4, 0.5) is 0 Å². The predicted octanol–water partition coefficient (Wildman–Crippen LogP) is 4.18. The van der Waals surface area contributed by atoms with Gasteiger partial charge >= 0.3 is 0 Å². The Morgan fingerprint density at radius 2 is 1.96 bits per heavy atom. The highest BCUT2D eigenvalue weighted by Crippen LogP contribution is 2.56. The Morgan fingerprint density at radius 3 is 2.56 bits per heavy atom. The molecular weight excluding hydrogens is 332 g/mol. The van der Waals surface area contributed by atoms with Crippen LogP contribution >= 0.6 is 11.6 Å². The van der Waals surface area contributed by atoms with E-state index in [1.165, 1.54) is 0 Å². The van der Waals surface area contributed by atoms with E-state index in [-0.39, 0.29) is 11.6 Å². The molecule has 3 rings (SSSR count). The fourth-order valence-corrected chi connectivity index (χ4v) is 4.35. The summed E-state index contributed by atoms with van der Waals surface area (Å²) in [5, 5.41) is 30.0. The maximum Gasteiger partial charge on any atom is 0.191 e. The number of allylic oxidation sites excluding steroid dienone is 4. The number of fused-ring (bicyclic) bond motifs is 1. The quantitative estimate of drug-likeness (QED) is 0.823. The van der Waals surface area contributed by atoms with Crippen molar-refractivity contribution in [1.29, 1.82) is 15.8 Å². The second kappa shape index (κ2) is 6.29. The van der Waals surface area contributed by atoms with Gasteiger partial charge in [0.25, 0.3) is 0 Å². The molecule has 0 fully saturated rings. The minimum Gasteiger partial charge on any atom is -0.399 e. The third-order valence-electron chi connectivity index (χ3n) is 5.32. The average Bonchev–Trinajstić information content (AvgIpc) is 2.61. The zero-order valence-corrected chi connectivity index (χ0v) is 14.6. The van der Waals surface area contributed by atoms with Gasteiger partial charge in [-0.2, -0.15) is 15.8 Å². The summed E-state index contributed by atoms with van der Waals surface area (Å²) in [7, 11) is 0. The van der Waals surface area contributed by atoms with Crippen molar-refractivity contribution < 1.29 is 0 Å². The molecule has 0 radical (unpaired) electrons. The molecule has 2 aliphatic carbocycles. The molecule has 25 heavy (non-hydrogen) atoms. The first-order chi connectivity index (χ1) is 12.0. The van der Waals surface area contributed by atoms with Crippen molar-refractivity contribution in [2.24, 2.45) is 23.0 Å². The van der Waals surface area contributed by atoms with Crippen molar-refractivity contribution in [2.75, 3.05) is 0 Å². The number of nitrogens with zero attached hydrogens (tertiary/aromatic N) is 3. The summed E-state index contributed by atoms with van der Waals surface area (Å²) >= 11 is 6.16. The van der Waals surface area contributed by atoms with Crippen molar-refractivity contribution in [3.63, 3.8) is 0 Å². The first-order valence-corrected chi connectivity index (χ1v) is 8.55. The molecule has 2 N–H and O–H groups in total. The fraction of sp³-hybridized carbons (Fsp3) is 0.350. The number of hydrogen-bond acceptors (Lipinski definition) is 4. The first-order valence-electron chi connectivity index (χ1n) is 8.17. The van der Waals surface area contributed by atoms with Crippen LogP contribution in [0.5, 0.6) is 0 Å². The minimum absolute atomic E-state index is 0.0574. The second-order valence-electron chi connectivity index (χ2n) is 6.81. The molecule has 1 aromatic carbocycles. The zero-order valence-electron chi connectivity index (χ0n) is 13.8. The molecule has 124 valence electrons. The third-order valence-corrected chi connectivity index (χ3v) is 5.56. The number of halogens is 1. The van der Waals surface area contributed by atoms with Crippen molar-refractivity contribution in [3.05, 3.63) is 57.8 Å². The van der Waals surface area contributed by atoms with Gasteiger partial charge in [0, 0.05) is 10.9 Å². The predicted molar refractivity (Wildman–Crippen MR) is 94.6 cm³/mol. The topological polar surface area (TPSA) is 97.4 Å². The maximum atomic E-state index is 9.93. The van der Waals surface area contributed by atoms with Crippen LogP contribution in [0.15, 0.2) is 47.2 Å². The number of rotatable bonds is 1. The standard InChI is InChI=1S/C20H17ClN4/c1-12-5-6-15-16(7-12)18(13-3-2-4-14(21)8-13)20(10-23,11-24)19(25)17(15)9-22/h2-4,6,8,12,16,18H,5,7,25H2,1H3/t12-,16-,18-/m1/s1. The molecule has 0 bridgehead atoms. The van der Waals surface area contributed by atoms with Crippen molar-refractivity contribution in [2.45, 2.75) is 25.7 Å². The van der Waals surface area contributed by atoms with Gasteiger partial charge in [0.1, 0.15) is 6.07 Å². The zero-order chi connectivity index (χ0) is 18.2. The van der Waals surface area contributed by atoms with E-state index in [9.17, 15) is 15.8 Å². The normalized spacial score (nSPS) is 27.3. The lowest BCUT2D eigenvalue weighted by atomic mass is 9.56. The summed E-state index contributed by atoms with van der Waals surface area (Å²) in [5.74, 6) is -0.152. The van der Waals surface area contributed by atoms with Gasteiger partial charge in [-0.05, 0) is 47.9 Å². The van der Waals surface area contributed by atoms with Crippen LogP contribution in [0.1, 0.15) is 31.2 Å². The molecule has 0 unspecified atom stereocenters. The van der Waals surface area contributed by atoms with Crippen molar-refractivity contribution >= 4 is 11.6 Å². The Kier molecular flexibility index (Phi) is 4.30. The first kappa shape index (κ1) is 17.1. The highest BCUT2D eigenvalue weighted by molar-refractivity contribution is 6.30. The van der Waals surface area contributed by atoms with Gasteiger partial charge in [0.15, 0.2) is 5.41 Å². The highest BCUT2D eigenvalue weighted by Gasteiger charge is 2.54. The molecule has 0 aliphatic heterocycles. The van der Waals surface area contributed by atoms with Crippen LogP contribution in [-0.2, 0) is 0 Å². The monoisotopic (exact) mass is 348 g/mol. The summed E-state index contributed by atoms with van der Waals surface area (Å²) in [5.41, 5.74) is 6.68. The van der Waals surface area contributed by atoms with E-state index in [0.29, 0.717) is 16.5 Å². The molecule has 0 aromatic heterocycles. The van der Waals surface area contributed by atoms with Gasteiger partial charge in [-0.1, -0.05) is 36.7 Å².